The van der Waals surface area contributed by atoms with E-state index in [1.54, 1.807) is 16.7 Å². The molecule has 1 aliphatic carbocycles. The number of carboxylic acids is 1. The highest BCUT2D eigenvalue weighted by atomic mass is 32.2. The third kappa shape index (κ3) is 2.51. The smallest absolute Gasteiger partial charge is 0.327 e. The Morgan fingerprint density at radius 2 is 2.05 bits per heavy atom. The van der Waals surface area contributed by atoms with Crippen LogP contribution in [0.2, 0.25) is 0 Å². The number of hydrogen-bond donors (Lipinski definition) is 2. The number of thioether (sulfide) groups is 1. The number of nitrogens with one attached hydrogen (secondary N) is 1. The zero-order valence-electron chi connectivity index (χ0n) is 11.1. The van der Waals surface area contributed by atoms with Gasteiger partial charge >= 0.3 is 5.97 Å². The van der Waals surface area contributed by atoms with Gasteiger partial charge in [0.25, 0.3) is 0 Å². The molecule has 3 aliphatic rings. The second-order valence-corrected chi connectivity index (χ2v) is 6.85. The largest absolute Gasteiger partial charge is 0.480 e. The summed E-state index contributed by atoms with van der Waals surface area (Å²) >= 11 is 1.59. The summed E-state index contributed by atoms with van der Waals surface area (Å²) in [6, 6.07) is -0.712. The molecule has 2 heterocycles. The van der Waals surface area contributed by atoms with E-state index in [0.717, 1.165) is 12.8 Å². The summed E-state index contributed by atoms with van der Waals surface area (Å²) in [6.45, 7) is 0.336. The minimum Gasteiger partial charge on any atom is -0.480 e. The van der Waals surface area contributed by atoms with Gasteiger partial charge in [0.05, 0.1) is 11.3 Å². The molecule has 3 unspecified atom stereocenters. The van der Waals surface area contributed by atoms with Crippen molar-refractivity contribution in [2.24, 2.45) is 11.8 Å². The lowest BCUT2D eigenvalue weighted by molar-refractivity contribution is -0.152. The van der Waals surface area contributed by atoms with Crippen molar-refractivity contribution in [3.05, 3.63) is 0 Å². The van der Waals surface area contributed by atoms with Gasteiger partial charge in [0.2, 0.25) is 11.8 Å². The van der Waals surface area contributed by atoms with Crippen molar-refractivity contribution in [2.45, 2.75) is 37.1 Å². The fourth-order valence-corrected chi connectivity index (χ4v) is 4.53. The molecule has 0 bridgehead atoms. The molecule has 2 amide bonds. The first-order valence-corrected chi connectivity index (χ1v) is 8.06. The number of amides is 2. The van der Waals surface area contributed by atoms with Crippen molar-refractivity contribution in [2.75, 3.05) is 12.3 Å². The topological polar surface area (TPSA) is 86.7 Å². The molecule has 20 heavy (non-hydrogen) atoms. The van der Waals surface area contributed by atoms with Gasteiger partial charge in [-0.2, -0.15) is 0 Å². The molecule has 0 aromatic carbocycles. The van der Waals surface area contributed by atoms with Gasteiger partial charge < -0.3 is 15.3 Å². The van der Waals surface area contributed by atoms with Crippen LogP contribution in [0.25, 0.3) is 0 Å². The monoisotopic (exact) mass is 298 g/mol. The molecular formula is C13H18N2O4S. The molecular weight excluding hydrogens is 280 g/mol. The Balaban J connectivity index is 1.74. The summed E-state index contributed by atoms with van der Waals surface area (Å²) in [7, 11) is 0. The SMILES string of the molecule is O=C1CCC(C(=O)N2C(C(=O)O)CSC2C2CC2)CN1. The lowest BCUT2D eigenvalue weighted by Gasteiger charge is -2.32. The first-order chi connectivity index (χ1) is 9.58. The molecule has 3 fully saturated rings. The van der Waals surface area contributed by atoms with E-state index in [9.17, 15) is 19.5 Å². The van der Waals surface area contributed by atoms with Gasteiger partial charge in [-0.1, -0.05) is 0 Å². The predicted molar refractivity (Wildman–Crippen MR) is 73.0 cm³/mol. The second-order valence-electron chi connectivity index (χ2n) is 5.70. The van der Waals surface area contributed by atoms with Gasteiger partial charge in [0.1, 0.15) is 6.04 Å². The molecule has 0 aromatic heterocycles. The zero-order chi connectivity index (χ0) is 14.3. The number of aliphatic carboxylic acids is 1. The lowest BCUT2D eigenvalue weighted by Crippen LogP contribution is -2.51. The van der Waals surface area contributed by atoms with Crippen LogP contribution in [0, 0.1) is 11.8 Å². The van der Waals surface area contributed by atoms with Gasteiger partial charge in [0.15, 0.2) is 0 Å². The standard InChI is InChI=1S/C13H18N2O4S/c16-10-4-3-8(5-14-10)11(17)15-9(13(18)19)6-20-12(15)7-1-2-7/h7-9,12H,1-6H2,(H,14,16)(H,18,19). The van der Waals surface area contributed by atoms with Crippen molar-refractivity contribution in [1.82, 2.24) is 10.2 Å². The molecule has 2 N–H and O–H groups in total. The van der Waals surface area contributed by atoms with E-state index >= 15 is 0 Å². The summed E-state index contributed by atoms with van der Waals surface area (Å²) < 4.78 is 0. The number of nitrogens with zero attached hydrogens (tertiary/aromatic N) is 1. The van der Waals surface area contributed by atoms with Crippen LogP contribution in [0.3, 0.4) is 0 Å². The lowest BCUT2D eigenvalue weighted by atomic mass is 9.97. The van der Waals surface area contributed by atoms with Crippen LogP contribution >= 0.6 is 11.8 Å². The third-order valence-electron chi connectivity index (χ3n) is 4.21. The normalized spacial score (nSPS) is 33.9. The van der Waals surface area contributed by atoms with Crippen LogP contribution in [-0.4, -0.2) is 51.5 Å². The van der Waals surface area contributed by atoms with E-state index < -0.39 is 12.0 Å². The third-order valence-corrected chi connectivity index (χ3v) is 5.68. The molecule has 2 saturated heterocycles. The van der Waals surface area contributed by atoms with E-state index in [1.165, 1.54) is 0 Å². The molecule has 3 atom stereocenters. The summed E-state index contributed by atoms with van der Waals surface area (Å²) in [4.78, 5) is 36.8. The van der Waals surface area contributed by atoms with Crippen LogP contribution < -0.4 is 5.32 Å². The molecule has 1 saturated carbocycles. The fourth-order valence-electron chi connectivity index (χ4n) is 2.90. The van der Waals surface area contributed by atoms with Crippen molar-refractivity contribution >= 4 is 29.5 Å². The summed E-state index contributed by atoms with van der Waals surface area (Å²) in [5.74, 6) is -0.395. The Morgan fingerprint density at radius 1 is 1.30 bits per heavy atom. The zero-order valence-corrected chi connectivity index (χ0v) is 11.9. The highest BCUT2D eigenvalue weighted by Gasteiger charge is 2.49. The van der Waals surface area contributed by atoms with E-state index in [4.69, 9.17) is 0 Å². The number of carboxylic acid groups (broad SMARTS) is 1. The van der Waals surface area contributed by atoms with Crippen molar-refractivity contribution in [3.8, 4) is 0 Å². The van der Waals surface area contributed by atoms with Crippen LogP contribution in [0.4, 0.5) is 0 Å². The van der Waals surface area contributed by atoms with Gasteiger partial charge in [-0.25, -0.2) is 4.79 Å². The van der Waals surface area contributed by atoms with Gasteiger partial charge in [-0.3, -0.25) is 9.59 Å². The van der Waals surface area contributed by atoms with E-state index in [1.807, 2.05) is 0 Å². The van der Waals surface area contributed by atoms with Crippen molar-refractivity contribution in [3.63, 3.8) is 0 Å². The average molecular weight is 298 g/mol. The first-order valence-electron chi connectivity index (χ1n) is 7.01. The number of hydrogen-bond acceptors (Lipinski definition) is 4. The minimum atomic E-state index is -0.922. The summed E-state index contributed by atoms with van der Waals surface area (Å²) in [5, 5.41) is 12.0. The van der Waals surface area contributed by atoms with Gasteiger partial charge in [0, 0.05) is 18.7 Å². The predicted octanol–water partition coefficient (Wildman–Crippen LogP) is 0.277. The maximum absolute atomic E-state index is 12.7. The molecule has 0 spiro atoms. The molecule has 0 radical (unpaired) electrons. The second kappa shape index (κ2) is 5.27. The van der Waals surface area contributed by atoms with Crippen molar-refractivity contribution in [1.29, 1.82) is 0 Å². The van der Waals surface area contributed by atoms with E-state index in [0.29, 0.717) is 31.1 Å². The number of piperidine rings is 1. The van der Waals surface area contributed by atoms with Crippen LogP contribution in [0.5, 0.6) is 0 Å². The van der Waals surface area contributed by atoms with Crippen LogP contribution in [-0.2, 0) is 14.4 Å². The highest BCUT2D eigenvalue weighted by molar-refractivity contribution is 8.00. The van der Waals surface area contributed by atoms with Crippen molar-refractivity contribution < 1.29 is 19.5 Å². The quantitative estimate of drug-likeness (QED) is 0.781. The Morgan fingerprint density at radius 3 is 2.60 bits per heavy atom. The van der Waals surface area contributed by atoms with Crippen LogP contribution in [0.15, 0.2) is 0 Å². The Hall–Kier alpha value is -1.24. The fraction of sp³-hybridized carbons (Fsp3) is 0.769. The molecule has 7 heteroatoms. The highest BCUT2D eigenvalue weighted by Crippen LogP contribution is 2.46. The molecule has 3 rings (SSSR count). The number of carbonyl (C=O) groups excluding carboxylic acids is 2. The molecule has 2 aliphatic heterocycles. The average Bonchev–Trinajstić information content (AvgIpc) is 3.17. The molecule has 0 aromatic rings. The minimum absolute atomic E-state index is 0.0150. The number of carbonyl (C=O) groups is 3. The molecule has 110 valence electrons. The maximum atomic E-state index is 12.7. The Bertz CT molecular complexity index is 442. The first kappa shape index (κ1) is 13.7. The van der Waals surface area contributed by atoms with Gasteiger partial charge in [-0.15, -0.1) is 11.8 Å². The number of rotatable bonds is 3. The summed E-state index contributed by atoms with van der Waals surface area (Å²) in [5.41, 5.74) is 0. The Labute approximate surface area is 121 Å². The Kier molecular flexibility index (Phi) is 3.62. The summed E-state index contributed by atoms with van der Waals surface area (Å²) in [6.07, 6.45) is 3.03. The van der Waals surface area contributed by atoms with E-state index in [2.05, 4.69) is 5.32 Å². The maximum Gasteiger partial charge on any atom is 0.327 e. The van der Waals surface area contributed by atoms with E-state index in [-0.39, 0.29) is 23.1 Å². The van der Waals surface area contributed by atoms with Gasteiger partial charge in [-0.05, 0) is 25.2 Å². The molecule has 6 nitrogen and oxygen atoms in total. The van der Waals surface area contributed by atoms with Crippen LogP contribution in [0.1, 0.15) is 25.7 Å².